The van der Waals surface area contributed by atoms with Gasteiger partial charge in [0.25, 0.3) is 0 Å². The Morgan fingerprint density at radius 1 is 1.02 bits per heavy atom. The molecule has 2 rings (SSSR count). The Morgan fingerprint density at radius 3 is 2.02 bits per heavy atom. The lowest BCUT2D eigenvalue weighted by molar-refractivity contribution is -0.143. The van der Waals surface area contributed by atoms with Crippen LogP contribution in [0, 0.1) is 17.8 Å². The number of amides is 5. The fourth-order valence-electron chi connectivity index (χ4n) is 4.86. The predicted molar refractivity (Wildman–Crippen MR) is 186 cm³/mol. The van der Waals surface area contributed by atoms with Gasteiger partial charge in [0.1, 0.15) is 12.1 Å². The van der Waals surface area contributed by atoms with Gasteiger partial charge in [-0.25, -0.2) is 4.79 Å². The largest absolute Gasteiger partial charge is 0.355 e. The summed E-state index contributed by atoms with van der Waals surface area (Å²) in [6, 6.07) is -2.42. The third kappa shape index (κ3) is 18.9. The standard InChI is InChI=1S/C23H36N4O4.C4H7NO.C4H10.2C2H6/c1-5-6-11-17(16(2)28)25-20(29)18-12-10-15-27(18)21(30)19(26-22(31)24-4)23(3)13-8-7-9-14-23;1-2-3-5-4-6;1-3-4-2;2*1-2/h1,17-19H,6-15H2,2-4H3,(H,25,29)(H2,24,26,31);2,4H,1,3H2,(H,5,6);3-4H2,1-2H3;2*1-2H3. The van der Waals surface area contributed by atoms with Crippen molar-refractivity contribution in [2.45, 2.75) is 144 Å². The number of likely N-dealkylation sites (tertiary alicyclic amines) is 1. The fraction of sp³-hybridized carbons (Fsp3) is 0.743. The van der Waals surface area contributed by atoms with Crippen molar-refractivity contribution >= 4 is 30.0 Å². The molecular formula is C35H65N5O5. The van der Waals surface area contributed by atoms with Gasteiger partial charge in [0, 0.05) is 26.6 Å². The van der Waals surface area contributed by atoms with E-state index < -0.39 is 24.2 Å². The van der Waals surface area contributed by atoms with Crippen LogP contribution in [-0.2, 0) is 19.2 Å². The summed E-state index contributed by atoms with van der Waals surface area (Å²) < 4.78 is 0. The molecule has 5 amide bonds. The zero-order valence-corrected chi connectivity index (χ0v) is 29.9. The van der Waals surface area contributed by atoms with Gasteiger partial charge in [0.15, 0.2) is 5.78 Å². The number of ketones is 1. The van der Waals surface area contributed by atoms with Crippen LogP contribution < -0.4 is 21.3 Å². The maximum Gasteiger partial charge on any atom is 0.315 e. The molecule has 0 radical (unpaired) electrons. The summed E-state index contributed by atoms with van der Waals surface area (Å²) in [6.45, 7) is 20.2. The Balaban J connectivity index is -0.00000106. The van der Waals surface area contributed by atoms with E-state index in [1.807, 2.05) is 34.6 Å². The number of Topliss-reactive ketones (excluding diaryl/α,β-unsaturated/α-hetero) is 1. The van der Waals surface area contributed by atoms with E-state index in [1.165, 1.54) is 26.8 Å². The molecule has 45 heavy (non-hydrogen) atoms. The van der Waals surface area contributed by atoms with E-state index in [9.17, 15) is 24.0 Å². The van der Waals surface area contributed by atoms with Crippen molar-refractivity contribution in [2.24, 2.45) is 5.41 Å². The quantitative estimate of drug-likeness (QED) is 0.0970. The Hall–Kier alpha value is -3.35. The van der Waals surface area contributed by atoms with Crippen LogP contribution in [0.5, 0.6) is 0 Å². The van der Waals surface area contributed by atoms with Gasteiger partial charge in [-0.15, -0.1) is 18.9 Å². The van der Waals surface area contributed by atoms with E-state index in [2.05, 4.69) is 47.6 Å². The second-order valence-electron chi connectivity index (χ2n) is 10.8. The Kier molecular flexibility index (Phi) is 30.1. The van der Waals surface area contributed by atoms with Crippen molar-refractivity contribution in [3.8, 4) is 12.3 Å². The molecule has 0 bridgehead atoms. The minimum Gasteiger partial charge on any atom is -0.355 e. The number of nitrogens with one attached hydrogen (secondary N) is 4. The number of rotatable bonds is 12. The Bertz CT molecular complexity index is 870. The molecule has 0 spiro atoms. The lowest BCUT2D eigenvalue weighted by Crippen LogP contribution is -2.60. The van der Waals surface area contributed by atoms with E-state index in [-0.39, 0.29) is 23.0 Å². The molecule has 1 aliphatic heterocycles. The lowest BCUT2D eigenvalue weighted by Gasteiger charge is -2.42. The minimum atomic E-state index is -0.703. The average Bonchev–Trinajstić information content (AvgIpc) is 3.57. The number of unbranched alkanes of at least 4 members (excludes halogenated alkanes) is 1. The molecular weight excluding hydrogens is 570 g/mol. The molecule has 1 aliphatic carbocycles. The van der Waals surface area contributed by atoms with Crippen molar-refractivity contribution < 1.29 is 24.0 Å². The first kappa shape index (κ1) is 46.1. The summed E-state index contributed by atoms with van der Waals surface area (Å²) in [5.74, 6) is 1.76. The number of hydrogen-bond acceptors (Lipinski definition) is 5. The summed E-state index contributed by atoms with van der Waals surface area (Å²) in [5, 5.41) is 10.6. The minimum absolute atomic E-state index is 0.159. The third-order valence-electron chi connectivity index (χ3n) is 7.51. The van der Waals surface area contributed by atoms with Gasteiger partial charge in [-0.05, 0) is 44.4 Å². The topological polar surface area (TPSA) is 137 Å². The highest BCUT2D eigenvalue weighted by atomic mass is 16.2. The van der Waals surface area contributed by atoms with Crippen LogP contribution in [0.2, 0.25) is 0 Å². The zero-order chi connectivity index (χ0) is 35.3. The van der Waals surface area contributed by atoms with Gasteiger partial charge in [0.2, 0.25) is 18.2 Å². The molecule has 0 aromatic rings. The van der Waals surface area contributed by atoms with Crippen LogP contribution in [0.4, 0.5) is 4.79 Å². The van der Waals surface area contributed by atoms with Gasteiger partial charge in [0.05, 0.1) is 6.04 Å². The molecule has 2 fully saturated rings. The average molecular weight is 636 g/mol. The van der Waals surface area contributed by atoms with E-state index in [1.54, 1.807) is 11.0 Å². The molecule has 10 heteroatoms. The molecule has 3 unspecified atom stereocenters. The summed E-state index contributed by atoms with van der Waals surface area (Å²) >= 11 is 0. The maximum atomic E-state index is 13.6. The smallest absolute Gasteiger partial charge is 0.315 e. The highest BCUT2D eigenvalue weighted by Gasteiger charge is 2.46. The van der Waals surface area contributed by atoms with E-state index in [0.29, 0.717) is 45.2 Å². The van der Waals surface area contributed by atoms with Crippen molar-refractivity contribution in [3.05, 3.63) is 12.7 Å². The van der Waals surface area contributed by atoms with Crippen LogP contribution in [0.15, 0.2) is 12.7 Å². The van der Waals surface area contributed by atoms with Gasteiger partial charge < -0.3 is 26.2 Å². The van der Waals surface area contributed by atoms with E-state index in [4.69, 9.17) is 6.42 Å². The van der Waals surface area contributed by atoms with Gasteiger partial charge in [-0.1, -0.05) is 86.6 Å². The van der Waals surface area contributed by atoms with Crippen molar-refractivity contribution in [2.75, 3.05) is 20.1 Å². The SMILES string of the molecule is C#CCCC(NC(=O)C1CCCN1C(=O)C(NC(=O)NC)C1(C)CCCCC1)C(C)=O.C=CCNC=O.CC.CC.CCCC. The number of urea groups is 1. The molecule has 1 saturated heterocycles. The number of terminal acetylenes is 1. The first-order valence-electron chi connectivity index (χ1n) is 16.9. The Morgan fingerprint density at radius 2 is 1.60 bits per heavy atom. The first-order chi connectivity index (χ1) is 21.6. The molecule has 1 saturated carbocycles. The fourth-order valence-corrected chi connectivity index (χ4v) is 4.86. The number of carbonyl (C=O) groups is 5. The molecule has 260 valence electrons. The maximum absolute atomic E-state index is 13.6. The highest BCUT2D eigenvalue weighted by Crippen LogP contribution is 2.40. The van der Waals surface area contributed by atoms with Gasteiger partial charge in [-0.3, -0.25) is 19.2 Å². The first-order valence-corrected chi connectivity index (χ1v) is 16.9. The van der Waals surface area contributed by atoms with Crippen molar-refractivity contribution in [1.82, 2.24) is 26.2 Å². The van der Waals surface area contributed by atoms with Crippen LogP contribution >= 0.6 is 0 Å². The number of nitrogens with zero attached hydrogens (tertiary/aromatic N) is 1. The third-order valence-corrected chi connectivity index (χ3v) is 7.51. The second-order valence-corrected chi connectivity index (χ2v) is 10.8. The monoisotopic (exact) mass is 635 g/mol. The molecule has 10 nitrogen and oxygen atoms in total. The molecule has 2 aliphatic rings. The van der Waals surface area contributed by atoms with Crippen molar-refractivity contribution in [3.63, 3.8) is 0 Å². The van der Waals surface area contributed by atoms with E-state index in [0.717, 1.165) is 32.1 Å². The normalized spacial score (nSPS) is 17.0. The summed E-state index contributed by atoms with van der Waals surface area (Å²) in [7, 11) is 1.52. The molecule has 4 N–H and O–H groups in total. The molecule has 1 heterocycles. The molecule has 3 atom stereocenters. The number of hydrogen-bond donors (Lipinski definition) is 4. The number of carbonyl (C=O) groups excluding carboxylic acids is 5. The van der Waals surface area contributed by atoms with Crippen LogP contribution in [0.25, 0.3) is 0 Å². The zero-order valence-electron chi connectivity index (χ0n) is 29.9. The van der Waals surface area contributed by atoms with Gasteiger partial charge >= 0.3 is 6.03 Å². The van der Waals surface area contributed by atoms with Crippen LogP contribution in [0.3, 0.4) is 0 Å². The van der Waals surface area contributed by atoms with Gasteiger partial charge in [-0.2, -0.15) is 0 Å². The molecule has 0 aromatic carbocycles. The van der Waals surface area contributed by atoms with E-state index >= 15 is 0 Å². The Labute approximate surface area is 274 Å². The lowest BCUT2D eigenvalue weighted by atomic mass is 9.70. The summed E-state index contributed by atoms with van der Waals surface area (Å²) in [4.78, 5) is 61.6. The second kappa shape index (κ2) is 29.4. The van der Waals surface area contributed by atoms with Crippen LogP contribution in [0.1, 0.15) is 126 Å². The highest BCUT2D eigenvalue weighted by molar-refractivity contribution is 5.94. The van der Waals surface area contributed by atoms with Crippen LogP contribution in [-0.4, -0.2) is 73.2 Å². The summed E-state index contributed by atoms with van der Waals surface area (Å²) in [6.07, 6.45) is 17.0. The van der Waals surface area contributed by atoms with Crippen molar-refractivity contribution in [1.29, 1.82) is 0 Å². The summed E-state index contributed by atoms with van der Waals surface area (Å²) in [5.41, 5.74) is -0.361. The molecule has 0 aromatic heterocycles. The predicted octanol–water partition coefficient (Wildman–Crippen LogP) is 5.51.